The Kier molecular flexibility index (Phi) is 7.37. The van der Waals surface area contributed by atoms with Gasteiger partial charge < -0.3 is 5.32 Å². The summed E-state index contributed by atoms with van der Waals surface area (Å²) in [4.78, 5) is 24.2. The fraction of sp³-hybridized carbons (Fsp3) is 0.385. The second-order valence-corrected chi connectivity index (χ2v) is 8.53. The molecule has 0 unspecified atom stereocenters. The molecule has 1 N–H and O–H groups in total. The van der Waals surface area contributed by atoms with Crippen molar-refractivity contribution >= 4 is 57.9 Å². The topological polar surface area (TPSA) is 72.0 Å². The summed E-state index contributed by atoms with van der Waals surface area (Å²) in [7, 11) is 0. The number of rotatable bonds is 9. The van der Waals surface area contributed by atoms with E-state index in [2.05, 4.69) is 15.5 Å². The molecule has 2 rings (SSSR count). The van der Waals surface area contributed by atoms with Crippen LogP contribution in [0.5, 0.6) is 0 Å². The van der Waals surface area contributed by atoms with Crippen molar-refractivity contribution in [3.8, 4) is 0 Å². The van der Waals surface area contributed by atoms with Gasteiger partial charge in [0.25, 0.3) is 0 Å². The lowest BCUT2D eigenvalue weighted by atomic mass is 10.4. The summed E-state index contributed by atoms with van der Waals surface area (Å²) in [5, 5.41) is 12.8. The van der Waals surface area contributed by atoms with Gasteiger partial charge in [0, 0.05) is 6.54 Å². The second kappa shape index (κ2) is 9.29. The Morgan fingerprint density at radius 2 is 1.95 bits per heavy atom. The van der Waals surface area contributed by atoms with E-state index in [-0.39, 0.29) is 11.7 Å². The van der Waals surface area contributed by atoms with E-state index in [0.717, 1.165) is 20.0 Å². The number of hydrogen-bond donors (Lipinski definition) is 1. The quantitative estimate of drug-likeness (QED) is 0.538. The van der Waals surface area contributed by atoms with E-state index < -0.39 is 0 Å². The van der Waals surface area contributed by atoms with Gasteiger partial charge in [-0.25, -0.2) is 0 Å². The van der Waals surface area contributed by atoms with Crippen LogP contribution in [0.15, 0.2) is 26.2 Å². The molecule has 0 bridgehead atoms. The van der Waals surface area contributed by atoms with Crippen LogP contribution < -0.4 is 5.32 Å². The van der Waals surface area contributed by atoms with Crippen molar-refractivity contribution in [1.82, 2.24) is 15.5 Å². The molecule has 0 fully saturated rings. The van der Waals surface area contributed by atoms with Crippen molar-refractivity contribution in [3.63, 3.8) is 0 Å². The number of carbonyl (C=O) groups is 2. The molecule has 118 valence electrons. The lowest BCUT2D eigenvalue weighted by Crippen LogP contribution is -2.25. The summed E-state index contributed by atoms with van der Waals surface area (Å²) in [5.74, 6) is 0.803. The number of carbonyl (C=O) groups excluding carboxylic acids is 2. The van der Waals surface area contributed by atoms with Gasteiger partial charge in [-0.1, -0.05) is 47.9 Å². The zero-order chi connectivity index (χ0) is 15.8. The van der Waals surface area contributed by atoms with Crippen LogP contribution in [0.1, 0.15) is 23.0 Å². The summed E-state index contributed by atoms with van der Waals surface area (Å²) in [6.45, 7) is 2.71. The predicted molar refractivity (Wildman–Crippen MR) is 93.3 cm³/mol. The molecular weight excluding hydrogens is 358 g/mol. The molecule has 0 aromatic carbocycles. The first-order valence-electron chi connectivity index (χ1n) is 6.61. The van der Waals surface area contributed by atoms with Crippen LogP contribution in [0.3, 0.4) is 0 Å². The minimum absolute atomic E-state index is 0.00382. The third kappa shape index (κ3) is 5.71. The fourth-order valence-electron chi connectivity index (χ4n) is 1.39. The molecule has 0 aliphatic rings. The maximum Gasteiger partial charge on any atom is 0.230 e. The standard InChI is InChI=1S/C13H15N3O2S4/c1-2-5-14-11(18)8-21-13-16-15-12(22-13)20-7-9(17)10-4-3-6-19-10/h3-4,6H,2,5,7-8H2,1H3,(H,14,18). The number of aromatic nitrogens is 2. The first-order chi connectivity index (χ1) is 10.7. The molecule has 2 heterocycles. The van der Waals surface area contributed by atoms with Crippen molar-refractivity contribution < 1.29 is 9.59 Å². The molecule has 5 nitrogen and oxygen atoms in total. The molecule has 2 aromatic heterocycles. The number of Topliss-reactive ketones (excluding diaryl/α,β-unsaturated/α-hetero) is 1. The zero-order valence-corrected chi connectivity index (χ0v) is 15.2. The molecule has 9 heteroatoms. The first kappa shape index (κ1) is 17.5. The van der Waals surface area contributed by atoms with Crippen LogP contribution in [0.2, 0.25) is 0 Å². The Balaban J connectivity index is 1.74. The van der Waals surface area contributed by atoms with Gasteiger partial charge in [-0.05, 0) is 17.9 Å². The van der Waals surface area contributed by atoms with Gasteiger partial charge in [-0.3, -0.25) is 9.59 Å². The van der Waals surface area contributed by atoms with Gasteiger partial charge in [-0.15, -0.1) is 21.5 Å². The summed E-state index contributed by atoms with van der Waals surface area (Å²) in [6.07, 6.45) is 0.925. The summed E-state index contributed by atoms with van der Waals surface area (Å²) >= 11 is 5.61. The van der Waals surface area contributed by atoms with Crippen LogP contribution in [-0.2, 0) is 4.79 Å². The average Bonchev–Trinajstić information content (AvgIpc) is 3.19. The van der Waals surface area contributed by atoms with Gasteiger partial charge in [0.15, 0.2) is 14.5 Å². The largest absolute Gasteiger partial charge is 0.355 e. The normalized spacial score (nSPS) is 10.6. The number of hydrogen-bond acceptors (Lipinski definition) is 8. The summed E-state index contributed by atoms with van der Waals surface area (Å²) in [5.41, 5.74) is 0. The van der Waals surface area contributed by atoms with Gasteiger partial charge in [0.05, 0.1) is 16.4 Å². The van der Waals surface area contributed by atoms with Crippen LogP contribution in [0, 0.1) is 0 Å². The highest BCUT2D eigenvalue weighted by Gasteiger charge is 2.11. The predicted octanol–water partition coefficient (Wildman–Crippen LogP) is 3.19. The Labute approximate surface area is 145 Å². The average molecular weight is 374 g/mol. The van der Waals surface area contributed by atoms with E-state index in [1.54, 1.807) is 0 Å². The van der Waals surface area contributed by atoms with E-state index in [1.807, 2.05) is 24.4 Å². The number of nitrogens with zero attached hydrogens (tertiary/aromatic N) is 2. The molecule has 2 aromatic rings. The zero-order valence-electron chi connectivity index (χ0n) is 11.9. The molecule has 0 aliphatic heterocycles. The molecular formula is C13H15N3O2S4. The smallest absolute Gasteiger partial charge is 0.230 e. The number of thioether (sulfide) groups is 2. The molecule has 22 heavy (non-hydrogen) atoms. The number of ketones is 1. The van der Waals surface area contributed by atoms with Crippen LogP contribution >= 0.6 is 46.2 Å². The van der Waals surface area contributed by atoms with E-state index in [4.69, 9.17) is 0 Å². The van der Waals surface area contributed by atoms with E-state index in [1.165, 1.54) is 46.2 Å². The number of amides is 1. The van der Waals surface area contributed by atoms with Crippen molar-refractivity contribution in [3.05, 3.63) is 22.4 Å². The van der Waals surface area contributed by atoms with Gasteiger partial charge in [0.2, 0.25) is 5.91 Å². The van der Waals surface area contributed by atoms with Crippen LogP contribution in [0.25, 0.3) is 0 Å². The summed E-state index contributed by atoms with van der Waals surface area (Å²) < 4.78 is 1.50. The number of nitrogens with one attached hydrogen (secondary N) is 1. The lowest BCUT2D eigenvalue weighted by Gasteiger charge is -2.00. The van der Waals surface area contributed by atoms with Gasteiger partial charge in [-0.2, -0.15) is 0 Å². The van der Waals surface area contributed by atoms with Crippen molar-refractivity contribution in [2.24, 2.45) is 0 Å². The minimum Gasteiger partial charge on any atom is -0.355 e. The highest BCUT2D eigenvalue weighted by atomic mass is 32.2. The molecule has 0 saturated carbocycles. The van der Waals surface area contributed by atoms with E-state index >= 15 is 0 Å². The highest BCUT2D eigenvalue weighted by molar-refractivity contribution is 8.03. The monoisotopic (exact) mass is 373 g/mol. The third-order valence-electron chi connectivity index (χ3n) is 2.41. The summed E-state index contributed by atoms with van der Waals surface area (Å²) in [6, 6.07) is 3.69. The Bertz CT molecular complexity index is 613. The van der Waals surface area contributed by atoms with Gasteiger partial charge >= 0.3 is 0 Å². The first-order valence-corrected chi connectivity index (χ1v) is 10.3. The molecule has 0 saturated heterocycles. The van der Waals surface area contributed by atoms with Crippen molar-refractivity contribution in [2.75, 3.05) is 18.1 Å². The third-order valence-corrected chi connectivity index (χ3v) is 6.51. The molecule has 0 spiro atoms. The van der Waals surface area contributed by atoms with Crippen molar-refractivity contribution in [2.45, 2.75) is 22.0 Å². The molecule has 0 atom stereocenters. The maximum atomic E-state index is 11.9. The van der Waals surface area contributed by atoms with Crippen LogP contribution in [-0.4, -0.2) is 39.9 Å². The Morgan fingerprint density at radius 1 is 1.23 bits per heavy atom. The molecule has 0 aliphatic carbocycles. The SMILES string of the molecule is CCCNC(=O)CSc1nnc(SCC(=O)c2cccs2)s1. The van der Waals surface area contributed by atoms with Crippen molar-refractivity contribution in [1.29, 1.82) is 0 Å². The lowest BCUT2D eigenvalue weighted by molar-refractivity contribution is -0.118. The Hall–Kier alpha value is -0.900. The number of thiophene rings is 1. The highest BCUT2D eigenvalue weighted by Crippen LogP contribution is 2.29. The second-order valence-electron chi connectivity index (χ2n) is 4.16. The van der Waals surface area contributed by atoms with E-state index in [0.29, 0.717) is 18.1 Å². The molecule has 1 amide bonds. The maximum absolute atomic E-state index is 11.9. The van der Waals surface area contributed by atoms with E-state index in [9.17, 15) is 9.59 Å². The Morgan fingerprint density at radius 3 is 2.59 bits per heavy atom. The minimum atomic E-state index is 0.00382. The molecule has 0 radical (unpaired) electrons. The van der Waals surface area contributed by atoms with Gasteiger partial charge in [0.1, 0.15) is 0 Å². The fourth-order valence-corrected chi connectivity index (χ4v) is 4.88. The van der Waals surface area contributed by atoms with Crippen LogP contribution in [0.4, 0.5) is 0 Å².